The molecule has 0 fully saturated rings. The number of halogens is 1. The number of aromatic nitrogens is 1. The summed E-state index contributed by atoms with van der Waals surface area (Å²) in [6.45, 7) is 4.01. The van der Waals surface area contributed by atoms with Crippen LogP contribution in [0.4, 0.5) is 0 Å². The molecule has 4 rings (SSSR count). The van der Waals surface area contributed by atoms with Gasteiger partial charge in [-0.2, -0.15) is 0 Å². The first-order valence-electron chi connectivity index (χ1n) is 7.36. The quantitative estimate of drug-likeness (QED) is 0.494. The molecule has 114 valence electrons. The third-order valence-corrected chi connectivity index (χ3v) is 5.04. The lowest BCUT2D eigenvalue weighted by Gasteiger charge is -2.11. The molecule has 2 heterocycles. The molecular formula is C19H14BrNO2. The van der Waals surface area contributed by atoms with Crippen LogP contribution in [0.15, 0.2) is 56.3 Å². The minimum Gasteiger partial charge on any atom is -0.464 e. The molecule has 3 nitrogen and oxygen atoms in total. The average molecular weight is 368 g/mol. The van der Waals surface area contributed by atoms with Crippen LogP contribution in [0.2, 0.25) is 0 Å². The minimum atomic E-state index is -0.137. The van der Waals surface area contributed by atoms with Gasteiger partial charge in [0.1, 0.15) is 5.58 Å². The Bertz CT molecular complexity index is 1110. The van der Waals surface area contributed by atoms with Gasteiger partial charge >= 0.3 is 0 Å². The summed E-state index contributed by atoms with van der Waals surface area (Å²) in [4.78, 5) is 15.4. The summed E-state index contributed by atoms with van der Waals surface area (Å²) in [7, 11) is 0. The highest BCUT2D eigenvalue weighted by Gasteiger charge is 2.17. The van der Waals surface area contributed by atoms with Crippen LogP contribution >= 0.6 is 15.9 Å². The van der Waals surface area contributed by atoms with Crippen molar-refractivity contribution in [3.8, 4) is 11.1 Å². The fourth-order valence-electron chi connectivity index (χ4n) is 3.10. The number of H-pyrrole nitrogens is 1. The zero-order chi connectivity index (χ0) is 16.1. The van der Waals surface area contributed by atoms with E-state index in [4.69, 9.17) is 4.42 Å². The Morgan fingerprint density at radius 3 is 2.57 bits per heavy atom. The number of aryl methyl sites for hydroxylation is 2. The van der Waals surface area contributed by atoms with Gasteiger partial charge < -0.3 is 9.40 Å². The summed E-state index contributed by atoms with van der Waals surface area (Å²) in [6, 6.07) is 12.0. The number of rotatable bonds is 1. The van der Waals surface area contributed by atoms with Gasteiger partial charge in [-0.3, -0.25) is 4.79 Å². The normalized spacial score (nSPS) is 11.4. The number of nitrogens with one attached hydrogen (secondary N) is 1. The smallest absolute Gasteiger partial charge is 0.263 e. The Kier molecular flexibility index (Phi) is 3.16. The number of hydrogen-bond donors (Lipinski definition) is 1. The molecule has 0 aliphatic heterocycles. The van der Waals surface area contributed by atoms with Crippen LogP contribution in [0.25, 0.3) is 33.0 Å². The number of furan rings is 1. The molecule has 4 aromatic rings. The van der Waals surface area contributed by atoms with Crippen LogP contribution in [-0.2, 0) is 0 Å². The highest BCUT2D eigenvalue weighted by Crippen LogP contribution is 2.37. The SMILES string of the molecule is Cc1coc2c(C)c3[nH]c(=O)c(Br)c(-c4ccccc4)c3cc12. The second-order valence-electron chi connectivity index (χ2n) is 5.73. The van der Waals surface area contributed by atoms with E-state index in [1.165, 1.54) is 0 Å². The number of aromatic amines is 1. The molecular weight excluding hydrogens is 354 g/mol. The predicted octanol–water partition coefficient (Wildman–Crippen LogP) is 5.32. The van der Waals surface area contributed by atoms with Crippen molar-refractivity contribution in [2.75, 3.05) is 0 Å². The largest absolute Gasteiger partial charge is 0.464 e. The average Bonchev–Trinajstić information content (AvgIpc) is 2.92. The zero-order valence-corrected chi connectivity index (χ0v) is 14.3. The Morgan fingerprint density at radius 2 is 1.83 bits per heavy atom. The third kappa shape index (κ3) is 2.05. The highest BCUT2D eigenvalue weighted by atomic mass is 79.9. The monoisotopic (exact) mass is 367 g/mol. The van der Waals surface area contributed by atoms with E-state index in [0.29, 0.717) is 4.47 Å². The van der Waals surface area contributed by atoms with E-state index in [1.54, 1.807) is 6.26 Å². The third-order valence-electron chi connectivity index (χ3n) is 4.29. The Hall–Kier alpha value is -2.33. The van der Waals surface area contributed by atoms with E-state index in [2.05, 4.69) is 27.0 Å². The fourth-order valence-corrected chi connectivity index (χ4v) is 3.64. The van der Waals surface area contributed by atoms with Gasteiger partial charge in [-0.25, -0.2) is 0 Å². The molecule has 0 radical (unpaired) electrons. The van der Waals surface area contributed by atoms with Gasteiger partial charge in [-0.15, -0.1) is 0 Å². The molecule has 2 aromatic heterocycles. The van der Waals surface area contributed by atoms with Gasteiger partial charge in [-0.05, 0) is 47.0 Å². The van der Waals surface area contributed by atoms with E-state index in [-0.39, 0.29) is 5.56 Å². The summed E-state index contributed by atoms with van der Waals surface area (Å²) < 4.78 is 6.22. The number of benzene rings is 2. The van der Waals surface area contributed by atoms with E-state index in [9.17, 15) is 4.79 Å². The molecule has 0 atom stereocenters. The molecule has 0 unspecified atom stereocenters. The van der Waals surface area contributed by atoms with Gasteiger partial charge in [0.05, 0.1) is 16.3 Å². The fraction of sp³-hybridized carbons (Fsp3) is 0.105. The van der Waals surface area contributed by atoms with Gasteiger partial charge in [-0.1, -0.05) is 30.3 Å². The molecule has 0 saturated carbocycles. The van der Waals surface area contributed by atoms with E-state index < -0.39 is 0 Å². The van der Waals surface area contributed by atoms with Gasteiger partial charge in [0.15, 0.2) is 0 Å². The second kappa shape index (κ2) is 5.10. The molecule has 0 spiro atoms. The van der Waals surface area contributed by atoms with Crippen LogP contribution in [0, 0.1) is 13.8 Å². The molecule has 2 aromatic carbocycles. The zero-order valence-electron chi connectivity index (χ0n) is 12.7. The maximum Gasteiger partial charge on any atom is 0.263 e. The van der Waals surface area contributed by atoms with Crippen LogP contribution in [0.5, 0.6) is 0 Å². The summed E-state index contributed by atoms with van der Waals surface area (Å²) in [5.41, 5.74) is 5.47. The van der Waals surface area contributed by atoms with E-state index in [1.807, 2.05) is 44.2 Å². The molecule has 0 aliphatic carbocycles. The van der Waals surface area contributed by atoms with Crippen molar-refractivity contribution in [1.29, 1.82) is 0 Å². The molecule has 1 N–H and O–H groups in total. The molecule has 4 heteroatoms. The molecule has 23 heavy (non-hydrogen) atoms. The lowest BCUT2D eigenvalue weighted by Crippen LogP contribution is -2.09. The van der Waals surface area contributed by atoms with Gasteiger partial charge in [0, 0.05) is 21.9 Å². The van der Waals surface area contributed by atoms with Crippen LogP contribution in [0.3, 0.4) is 0 Å². The Morgan fingerprint density at radius 1 is 1.09 bits per heavy atom. The van der Waals surface area contributed by atoms with Gasteiger partial charge in [0.25, 0.3) is 5.56 Å². The lowest BCUT2D eigenvalue weighted by atomic mass is 9.97. The van der Waals surface area contributed by atoms with Crippen molar-refractivity contribution in [1.82, 2.24) is 4.98 Å². The lowest BCUT2D eigenvalue weighted by molar-refractivity contribution is 0.611. The summed E-state index contributed by atoms with van der Waals surface area (Å²) in [5, 5.41) is 2.09. The first-order valence-corrected chi connectivity index (χ1v) is 8.15. The van der Waals surface area contributed by atoms with Crippen molar-refractivity contribution >= 4 is 37.8 Å². The highest BCUT2D eigenvalue weighted by molar-refractivity contribution is 9.10. The van der Waals surface area contributed by atoms with Crippen molar-refractivity contribution in [2.24, 2.45) is 0 Å². The van der Waals surface area contributed by atoms with Crippen LogP contribution in [0.1, 0.15) is 11.1 Å². The number of hydrogen-bond acceptors (Lipinski definition) is 2. The van der Waals surface area contributed by atoms with E-state index in [0.717, 1.165) is 44.1 Å². The molecule has 0 aliphatic rings. The first-order chi connectivity index (χ1) is 11.1. The van der Waals surface area contributed by atoms with Crippen molar-refractivity contribution in [3.63, 3.8) is 0 Å². The van der Waals surface area contributed by atoms with Crippen molar-refractivity contribution < 1.29 is 4.42 Å². The Labute approximate surface area is 141 Å². The standard InChI is InChI=1S/C19H14BrNO2/c1-10-9-23-18-11(2)17-14(8-13(10)18)15(16(20)19(22)21-17)12-6-4-3-5-7-12/h3-9H,1-2H3,(H,21,22). The summed E-state index contributed by atoms with van der Waals surface area (Å²) in [6.07, 6.45) is 1.76. The molecule has 0 bridgehead atoms. The summed E-state index contributed by atoms with van der Waals surface area (Å²) in [5.74, 6) is 0. The number of pyridine rings is 1. The maximum absolute atomic E-state index is 12.4. The minimum absolute atomic E-state index is 0.137. The van der Waals surface area contributed by atoms with Gasteiger partial charge in [0.2, 0.25) is 0 Å². The topological polar surface area (TPSA) is 46.0 Å². The summed E-state index contributed by atoms with van der Waals surface area (Å²) >= 11 is 3.47. The first kappa shape index (κ1) is 14.3. The van der Waals surface area contributed by atoms with Crippen LogP contribution in [-0.4, -0.2) is 4.98 Å². The van der Waals surface area contributed by atoms with Crippen LogP contribution < -0.4 is 5.56 Å². The molecule has 0 amide bonds. The second-order valence-corrected chi connectivity index (χ2v) is 6.52. The number of fused-ring (bicyclic) bond motifs is 2. The van der Waals surface area contributed by atoms with E-state index >= 15 is 0 Å². The maximum atomic E-state index is 12.4. The molecule has 0 saturated heterocycles. The van der Waals surface area contributed by atoms with Crippen molar-refractivity contribution in [3.05, 3.63) is 68.6 Å². The predicted molar refractivity (Wildman–Crippen MR) is 97.0 cm³/mol. The van der Waals surface area contributed by atoms with Crippen molar-refractivity contribution in [2.45, 2.75) is 13.8 Å². The Balaban J connectivity index is 2.26.